The van der Waals surface area contributed by atoms with Crippen molar-refractivity contribution in [3.8, 4) is 11.5 Å². The van der Waals surface area contributed by atoms with Gasteiger partial charge in [-0.05, 0) is 75.3 Å². The van der Waals surface area contributed by atoms with Crippen LogP contribution in [0, 0.1) is 31.5 Å². The number of carbonyl (C=O) groups excluding carboxylic acids is 2. The van der Waals surface area contributed by atoms with Crippen LogP contribution in [0.4, 0.5) is 27.6 Å². The van der Waals surface area contributed by atoms with E-state index < -0.39 is 47.7 Å². The Labute approximate surface area is 258 Å². The molecule has 2 fully saturated rings. The van der Waals surface area contributed by atoms with Crippen molar-refractivity contribution in [2.45, 2.75) is 66.0 Å². The molecule has 0 radical (unpaired) electrons. The van der Waals surface area contributed by atoms with Gasteiger partial charge in [0.15, 0.2) is 11.6 Å². The number of hydrogen-bond donors (Lipinski definition) is 2. The highest BCUT2D eigenvalue weighted by Crippen LogP contribution is 2.39. The number of carbonyl (C=O) groups is 3. The summed E-state index contributed by atoms with van der Waals surface area (Å²) in [6.07, 6.45) is -2.52. The molecule has 2 aliphatic rings. The Kier molecular flexibility index (Phi) is 11.6. The molecule has 1 aliphatic heterocycles. The fraction of sp³-hybridized carbons (Fsp3) is 0.469. The van der Waals surface area contributed by atoms with Gasteiger partial charge in [0.1, 0.15) is 23.4 Å². The van der Waals surface area contributed by atoms with Gasteiger partial charge in [0.2, 0.25) is 0 Å². The number of allylic oxidation sites excluding steroid dienone is 1. The molecule has 1 aliphatic carbocycles. The first-order valence-electron chi connectivity index (χ1n) is 14.4. The van der Waals surface area contributed by atoms with Gasteiger partial charge in [0.25, 0.3) is 5.91 Å². The Balaban J connectivity index is 0.00000100. The zero-order valence-electron chi connectivity index (χ0n) is 25.7. The van der Waals surface area contributed by atoms with Gasteiger partial charge in [-0.1, -0.05) is 19.1 Å². The summed E-state index contributed by atoms with van der Waals surface area (Å²) in [6.45, 7) is 7.03. The number of anilines is 1. The van der Waals surface area contributed by atoms with Crippen molar-refractivity contribution in [3.05, 3.63) is 64.0 Å². The second-order valence-corrected chi connectivity index (χ2v) is 11.1. The number of nitrogens with one attached hydrogen (secondary N) is 1. The van der Waals surface area contributed by atoms with Gasteiger partial charge in [0, 0.05) is 30.8 Å². The van der Waals surface area contributed by atoms with Gasteiger partial charge in [-0.15, -0.1) is 13.2 Å². The van der Waals surface area contributed by atoms with Crippen LogP contribution in [-0.2, 0) is 16.1 Å². The van der Waals surface area contributed by atoms with E-state index in [0.717, 1.165) is 18.6 Å². The van der Waals surface area contributed by atoms with E-state index in [0.29, 0.717) is 48.5 Å². The van der Waals surface area contributed by atoms with E-state index in [1.165, 1.54) is 32.2 Å². The van der Waals surface area contributed by atoms with Gasteiger partial charge in [-0.2, -0.15) is 0 Å². The van der Waals surface area contributed by atoms with E-state index in [-0.39, 0.29) is 29.1 Å². The average molecular weight is 641 g/mol. The minimum Gasteiger partial charge on any atom is -0.494 e. The molecular formula is C32H37F5N2O6. The molecule has 2 aromatic carbocycles. The van der Waals surface area contributed by atoms with Gasteiger partial charge in [-0.3, -0.25) is 14.4 Å². The predicted molar refractivity (Wildman–Crippen MR) is 157 cm³/mol. The number of piperidine rings is 1. The number of methoxy groups -OCH3 is 1. The van der Waals surface area contributed by atoms with E-state index in [2.05, 4.69) is 10.1 Å². The van der Waals surface area contributed by atoms with Crippen LogP contribution >= 0.6 is 0 Å². The van der Waals surface area contributed by atoms with Crippen molar-refractivity contribution in [2.24, 2.45) is 11.8 Å². The largest absolute Gasteiger partial charge is 0.573 e. The van der Waals surface area contributed by atoms with Crippen molar-refractivity contribution >= 4 is 23.3 Å². The molecule has 0 spiro atoms. The number of alkyl halides is 4. The molecule has 1 heterocycles. The first-order valence-corrected chi connectivity index (χ1v) is 14.4. The molecule has 2 atom stereocenters. The molecule has 246 valence electrons. The van der Waals surface area contributed by atoms with E-state index in [1.54, 1.807) is 18.7 Å². The predicted octanol–water partition coefficient (Wildman–Crippen LogP) is 6.46. The number of aliphatic carboxylic acids is 1. The highest BCUT2D eigenvalue weighted by atomic mass is 19.4. The monoisotopic (exact) mass is 640 g/mol. The van der Waals surface area contributed by atoms with Crippen molar-refractivity contribution in [2.75, 3.05) is 25.1 Å². The van der Waals surface area contributed by atoms with Crippen molar-refractivity contribution in [1.29, 1.82) is 0 Å². The quantitative estimate of drug-likeness (QED) is 0.107. The maximum Gasteiger partial charge on any atom is 0.573 e. The molecule has 13 heteroatoms. The van der Waals surface area contributed by atoms with Crippen LogP contribution in [0.2, 0.25) is 0 Å². The van der Waals surface area contributed by atoms with Gasteiger partial charge in [-0.25, -0.2) is 8.78 Å². The molecule has 2 N–H and O–H groups in total. The minimum absolute atomic E-state index is 0.0772. The summed E-state index contributed by atoms with van der Waals surface area (Å²) in [5.41, 5.74) is 1.04. The van der Waals surface area contributed by atoms with Crippen LogP contribution in [0.15, 0.2) is 35.9 Å². The number of Topliss-reactive ketones (excluding diaryl/α,β-unsaturated/α-hetero) is 1. The Morgan fingerprint density at radius 1 is 1.13 bits per heavy atom. The van der Waals surface area contributed by atoms with Crippen LogP contribution in [0.3, 0.4) is 0 Å². The molecule has 1 saturated carbocycles. The number of ether oxygens (including phenoxy) is 2. The summed E-state index contributed by atoms with van der Waals surface area (Å²) in [5.74, 6) is -3.54. The summed E-state index contributed by atoms with van der Waals surface area (Å²) in [6, 6.07) is 4.71. The van der Waals surface area contributed by atoms with Crippen LogP contribution in [0.25, 0.3) is 0 Å². The highest BCUT2D eigenvalue weighted by Gasteiger charge is 2.33. The molecule has 4 rings (SSSR count). The Morgan fingerprint density at radius 2 is 1.73 bits per heavy atom. The number of aryl methyl sites for hydroxylation is 1. The fourth-order valence-corrected chi connectivity index (χ4v) is 4.96. The number of benzene rings is 2. The lowest BCUT2D eigenvalue weighted by Gasteiger charge is -2.33. The van der Waals surface area contributed by atoms with Gasteiger partial charge in [0.05, 0.1) is 18.6 Å². The van der Waals surface area contributed by atoms with Crippen LogP contribution in [0.1, 0.15) is 60.2 Å². The van der Waals surface area contributed by atoms with E-state index in [1.807, 2.05) is 6.92 Å². The van der Waals surface area contributed by atoms with Crippen LogP contribution in [0.5, 0.6) is 11.5 Å². The van der Waals surface area contributed by atoms with Crippen molar-refractivity contribution in [1.82, 2.24) is 5.32 Å². The molecule has 0 aromatic heterocycles. The van der Waals surface area contributed by atoms with Crippen LogP contribution < -0.4 is 19.7 Å². The number of ketones is 1. The van der Waals surface area contributed by atoms with Crippen molar-refractivity contribution in [3.63, 3.8) is 0 Å². The summed E-state index contributed by atoms with van der Waals surface area (Å²) < 4.78 is 73.6. The van der Waals surface area contributed by atoms with E-state index >= 15 is 4.39 Å². The first kappa shape index (κ1) is 35.3. The molecule has 2 unspecified atom stereocenters. The summed E-state index contributed by atoms with van der Waals surface area (Å²) >= 11 is 0. The maximum atomic E-state index is 15.4. The third-order valence-electron chi connectivity index (χ3n) is 7.84. The molecule has 8 nitrogen and oxygen atoms in total. The third kappa shape index (κ3) is 9.18. The zero-order chi connectivity index (χ0) is 33.6. The molecular weight excluding hydrogens is 603 g/mol. The summed E-state index contributed by atoms with van der Waals surface area (Å²) in [4.78, 5) is 39.3. The standard InChI is InChI=1S/C28H30F4N2O6.C4H7F/c1-5-20(26(36)33-14-18-6-7-19(12-15(18)2)40-28(30,31)32)24(35)21-13-22(29)23(25(39-4)16(21)3)34-10-8-17(9-11-34)27(37)38;1-3-2-4(3)5/h5-7,12-13,17H,8-11,14H2,1-4H3,(H,33,36)(H,37,38);3-4H,2H2,1H3/b20-5+;. The molecule has 45 heavy (non-hydrogen) atoms. The number of carboxylic acids is 1. The molecule has 0 bridgehead atoms. The number of carboxylic acid groups (broad SMARTS) is 1. The molecule has 2 aromatic rings. The minimum atomic E-state index is -4.83. The second-order valence-electron chi connectivity index (χ2n) is 11.1. The molecule has 1 saturated heterocycles. The first-order chi connectivity index (χ1) is 21.1. The topological polar surface area (TPSA) is 105 Å². The lowest BCUT2D eigenvalue weighted by atomic mass is 9.94. The van der Waals surface area contributed by atoms with Crippen LogP contribution in [-0.4, -0.2) is 55.5 Å². The third-order valence-corrected chi connectivity index (χ3v) is 7.84. The van der Waals surface area contributed by atoms with Gasteiger partial charge >= 0.3 is 12.3 Å². The lowest BCUT2D eigenvalue weighted by Crippen LogP contribution is -2.37. The number of hydrogen-bond acceptors (Lipinski definition) is 6. The lowest BCUT2D eigenvalue weighted by molar-refractivity contribution is -0.274. The second kappa shape index (κ2) is 14.7. The van der Waals surface area contributed by atoms with E-state index in [9.17, 15) is 37.1 Å². The normalized spacial score (nSPS) is 18.4. The molecule has 1 amide bonds. The summed E-state index contributed by atoms with van der Waals surface area (Å²) in [7, 11) is 1.33. The Bertz CT molecular complexity index is 1440. The number of amides is 1. The maximum absolute atomic E-state index is 15.4. The SMILES string of the molecule is C/C=C(/C(=O)NCc1ccc(OC(F)(F)F)cc1C)C(=O)c1cc(F)c(N2CCC(C(=O)O)CC2)c(OC)c1C.CC1CC1F. The smallest absolute Gasteiger partial charge is 0.494 e. The number of halogens is 5. The number of nitrogens with zero attached hydrogens (tertiary/aromatic N) is 1. The Morgan fingerprint density at radius 3 is 2.20 bits per heavy atom. The van der Waals surface area contributed by atoms with Gasteiger partial charge < -0.3 is 24.8 Å². The van der Waals surface area contributed by atoms with Crippen molar-refractivity contribution < 1.29 is 50.9 Å². The fourth-order valence-electron chi connectivity index (χ4n) is 4.96. The zero-order valence-corrected chi connectivity index (χ0v) is 25.7. The van der Waals surface area contributed by atoms with E-state index in [4.69, 9.17) is 4.74 Å². The number of rotatable bonds is 9. The average Bonchev–Trinajstić information content (AvgIpc) is 3.63. The Hall–Kier alpha value is -4.16. The summed E-state index contributed by atoms with van der Waals surface area (Å²) in [5, 5.41) is 11.8. The highest BCUT2D eigenvalue weighted by molar-refractivity contribution is 6.26.